The van der Waals surface area contributed by atoms with Crippen LogP contribution < -0.4 is 15.4 Å². The lowest BCUT2D eigenvalue weighted by molar-refractivity contribution is -0.119. The van der Waals surface area contributed by atoms with Gasteiger partial charge in [0, 0.05) is 11.3 Å². The summed E-state index contributed by atoms with van der Waals surface area (Å²) in [7, 11) is 1.60. The lowest BCUT2D eigenvalue weighted by Gasteiger charge is -2.11. The van der Waals surface area contributed by atoms with Crippen molar-refractivity contribution in [1.29, 1.82) is 0 Å². The number of hydrogen-bond acceptors (Lipinski definition) is 7. The summed E-state index contributed by atoms with van der Waals surface area (Å²) < 4.78 is 10.3. The van der Waals surface area contributed by atoms with Gasteiger partial charge in [0.25, 0.3) is 5.91 Å². The van der Waals surface area contributed by atoms with E-state index in [1.807, 2.05) is 38.1 Å². The molecule has 3 aromatic rings. The zero-order chi connectivity index (χ0) is 23.8. The summed E-state index contributed by atoms with van der Waals surface area (Å²) in [5.41, 5.74) is 2.33. The quantitative estimate of drug-likeness (QED) is 0.458. The first kappa shape index (κ1) is 23.9. The molecule has 0 aliphatic rings. The van der Waals surface area contributed by atoms with Crippen LogP contribution in [0.3, 0.4) is 0 Å². The zero-order valence-electron chi connectivity index (χ0n) is 18.6. The van der Waals surface area contributed by atoms with Gasteiger partial charge < -0.3 is 14.8 Å². The number of hydrogen-bond donors (Lipinski definition) is 2. The average molecular weight is 468 g/mol. The standard InChI is InChI=1S/C24H25N3O5S/c1-15-16(2)33-24(25-15)27-22(29)14-32-23(30)19-6-4-5-7-20(19)26-21(28)13-10-17-8-11-18(31-3)12-9-17/h4-9,11-12H,10,13-14H2,1-3H3,(H,26,28)(H,25,27,29). The summed E-state index contributed by atoms with van der Waals surface area (Å²) in [6, 6.07) is 14.0. The van der Waals surface area contributed by atoms with Crippen molar-refractivity contribution in [3.63, 3.8) is 0 Å². The fraction of sp³-hybridized carbons (Fsp3) is 0.250. The van der Waals surface area contributed by atoms with E-state index in [0.717, 1.165) is 21.9 Å². The molecule has 0 saturated carbocycles. The Labute approximate surface area is 196 Å². The summed E-state index contributed by atoms with van der Waals surface area (Å²) in [5.74, 6) is -0.680. The van der Waals surface area contributed by atoms with Crippen LogP contribution in [0.5, 0.6) is 5.75 Å². The third kappa shape index (κ3) is 6.88. The van der Waals surface area contributed by atoms with Crippen LogP contribution in [-0.2, 0) is 20.7 Å². The number of amides is 2. The minimum Gasteiger partial charge on any atom is -0.497 e. The van der Waals surface area contributed by atoms with Crippen molar-refractivity contribution >= 4 is 39.9 Å². The van der Waals surface area contributed by atoms with Gasteiger partial charge in [-0.05, 0) is 50.1 Å². The summed E-state index contributed by atoms with van der Waals surface area (Å²) in [4.78, 5) is 42.3. The molecule has 2 aromatic carbocycles. The number of carbonyl (C=O) groups is 3. The molecule has 0 bridgehead atoms. The number of aromatic nitrogens is 1. The van der Waals surface area contributed by atoms with Crippen molar-refractivity contribution in [2.24, 2.45) is 0 Å². The minimum absolute atomic E-state index is 0.170. The Bertz CT molecular complexity index is 1120. The number of esters is 1. The topological polar surface area (TPSA) is 107 Å². The lowest BCUT2D eigenvalue weighted by atomic mass is 10.1. The van der Waals surface area contributed by atoms with Crippen LogP contribution in [0.4, 0.5) is 10.8 Å². The Kier molecular flexibility index (Phi) is 8.15. The number of para-hydroxylation sites is 1. The number of methoxy groups -OCH3 is 1. The molecule has 1 heterocycles. The first-order valence-electron chi connectivity index (χ1n) is 10.3. The molecule has 0 atom stereocenters. The van der Waals surface area contributed by atoms with Gasteiger partial charge >= 0.3 is 5.97 Å². The Morgan fingerprint density at radius 1 is 0.970 bits per heavy atom. The molecule has 0 aliphatic heterocycles. The molecule has 0 radical (unpaired) electrons. The largest absolute Gasteiger partial charge is 0.497 e. The first-order valence-corrected chi connectivity index (χ1v) is 11.1. The zero-order valence-corrected chi connectivity index (χ0v) is 19.5. The maximum absolute atomic E-state index is 12.5. The van der Waals surface area contributed by atoms with Gasteiger partial charge in [-0.2, -0.15) is 0 Å². The van der Waals surface area contributed by atoms with Crippen molar-refractivity contribution in [3.8, 4) is 5.75 Å². The smallest absolute Gasteiger partial charge is 0.340 e. The van der Waals surface area contributed by atoms with Gasteiger partial charge in [0.05, 0.1) is 24.1 Å². The maximum Gasteiger partial charge on any atom is 0.340 e. The second-order valence-electron chi connectivity index (χ2n) is 7.23. The molecule has 2 N–H and O–H groups in total. The van der Waals surface area contributed by atoms with Crippen LogP contribution in [0.1, 0.15) is 32.9 Å². The molecule has 8 nitrogen and oxygen atoms in total. The van der Waals surface area contributed by atoms with Crippen molar-refractivity contribution in [1.82, 2.24) is 4.98 Å². The van der Waals surface area contributed by atoms with Gasteiger partial charge in [-0.3, -0.25) is 14.9 Å². The molecular weight excluding hydrogens is 442 g/mol. The van der Waals surface area contributed by atoms with Crippen molar-refractivity contribution < 1.29 is 23.9 Å². The minimum atomic E-state index is -0.706. The molecule has 2 amide bonds. The number of nitrogens with zero attached hydrogens (tertiary/aromatic N) is 1. The fourth-order valence-corrected chi connectivity index (χ4v) is 3.75. The second kappa shape index (κ2) is 11.2. The van der Waals surface area contributed by atoms with Crippen LogP contribution in [0.15, 0.2) is 48.5 Å². The Morgan fingerprint density at radius 2 is 1.70 bits per heavy atom. The van der Waals surface area contributed by atoms with Gasteiger partial charge in [0.2, 0.25) is 5.91 Å². The normalized spacial score (nSPS) is 10.4. The molecule has 1 aromatic heterocycles. The molecule has 172 valence electrons. The Hall–Kier alpha value is -3.72. The molecule has 3 rings (SSSR count). The number of carbonyl (C=O) groups excluding carboxylic acids is 3. The van der Waals surface area contributed by atoms with Crippen LogP contribution in [0.25, 0.3) is 0 Å². The number of anilines is 2. The lowest BCUT2D eigenvalue weighted by Crippen LogP contribution is -2.22. The number of ether oxygens (including phenoxy) is 2. The fourth-order valence-electron chi connectivity index (χ4n) is 2.92. The molecule has 0 spiro atoms. The van der Waals surface area contributed by atoms with E-state index >= 15 is 0 Å². The van der Waals surface area contributed by atoms with E-state index in [4.69, 9.17) is 9.47 Å². The number of aryl methyl sites for hydroxylation is 3. The maximum atomic E-state index is 12.5. The van der Waals surface area contributed by atoms with Gasteiger partial charge in [-0.15, -0.1) is 11.3 Å². The van der Waals surface area contributed by atoms with Crippen LogP contribution in [0.2, 0.25) is 0 Å². The molecule has 0 unspecified atom stereocenters. The number of nitrogens with one attached hydrogen (secondary N) is 2. The number of rotatable bonds is 9. The summed E-state index contributed by atoms with van der Waals surface area (Å²) in [6.45, 7) is 3.30. The van der Waals surface area contributed by atoms with E-state index in [-0.39, 0.29) is 17.9 Å². The monoisotopic (exact) mass is 467 g/mol. The second-order valence-corrected chi connectivity index (χ2v) is 8.43. The van der Waals surface area contributed by atoms with Crippen molar-refractivity contribution in [2.75, 3.05) is 24.4 Å². The van der Waals surface area contributed by atoms with E-state index in [2.05, 4.69) is 15.6 Å². The van der Waals surface area contributed by atoms with Crippen molar-refractivity contribution in [3.05, 3.63) is 70.2 Å². The van der Waals surface area contributed by atoms with E-state index < -0.39 is 18.5 Å². The van der Waals surface area contributed by atoms with E-state index in [9.17, 15) is 14.4 Å². The molecular formula is C24H25N3O5S. The summed E-state index contributed by atoms with van der Waals surface area (Å²) >= 11 is 1.35. The number of thiazole rings is 1. The summed E-state index contributed by atoms with van der Waals surface area (Å²) in [5, 5.41) is 5.81. The molecule has 0 aliphatic carbocycles. The SMILES string of the molecule is COc1ccc(CCC(=O)Nc2ccccc2C(=O)OCC(=O)Nc2nc(C)c(C)s2)cc1. The Morgan fingerprint density at radius 3 is 2.36 bits per heavy atom. The van der Waals surface area contributed by atoms with Crippen molar-refractivity contribution in [2.45, 2.75) is 26.7 Å². The van der Waals surface area contributed by atoms with E-state index in [1.165, 1.54) is 17.4 Å². The van der Waals surface area contributed by atoms with Crippen LogP contribution in [0, 0.1) is 13.8 Å². The van der Waals surface area contributed by atoms with Gasteiger partial charge in [0.1, 0.15) is 5.75 Å². The van der Waals surface area contributed by atoms with E-state index in [0.29, 0.717) is 17.2 Å². The van der Waals surface area contributed by atoms with Gasteiger partial charge in [-0.25, -0.2) is 9.78 Å². The highest BCUT2D eigenvalue weighted by atomic mass is 32.1. The summed E-state index contributed by atoms with van der Waals surface area (Å²) in [6.07, 6.45) is 0.781. The highest BCUT2D eigenvalue weighted by Crippen LogP contribution is 2.21. The molecule has 0 saturated heterocycles. The highest BCUT2D eigenvalue weighted by Gasteiger charge is 2.17. The third-order valence-electron chi connectivity index (χ3n) is 4.83. The van der Waals surface area contributed by atoms with Crippen LogP contribution in [-0.4, -0.2) is 36.5 Å². The molecule has 0 fully saturated rings. The van der Waals surface area contributed by atoms with Gasteiger partial charge in [-0.1, -0.05) is 24.3 Å². The predicted molar refractivity (Wildman–Crippen MR) is 127 cm³/mol. The molecule has 9 heteroatoms. The highest BCUT2D eigenvalue weighted by molar-refractivity contribution is 7.15. The van der Waals surface area contributed by atoms with Gasteiger partial charge in [0.15, 0.2) is 11.7 Å². The predicted octanol–water partition coefficient (Wildman–Crippen LogP) is 4.14. The van der Waals surface area contributed by atoms with E-state index in [1.54, 1.807) is 25.3 Å². The molecule has 33 heavy (non-hydrogen) atoms. The number of benzene rings is 2. The third-order valence-corrected chi connectivity index (χ3v) is 5.82. The average Bonchev–Trinajstić information content (AvgIpc) is 3.13. The Balaban J connectivity index is 1.53. The first-order chi connectivity index (χ1) is 15.9. The van der Waals surface area contributed by atoms with Crippen LogP contribution >= 0.6 is 11.3 Å².